The van der Waals surface area contributed by atoms with Gasteiger partial charge in [-0.3, -0.25) is 0 Å². The summed E-state index contributed by atoms with van der Waals surface area (Å²) in [4.78, 5) is 16.8. The lowest BCUT2D eigenvalue weighted by Gasteiger charge is -2.31. The van der Waals surface area contributed by atoms with Gasteiger partial charge in [-0.1, -0.05) is 12.8 Å². The Hall–Kier alpha value is -1.83. The second-order valence-corrected chi connectivity index (χ2v) is 5.85. The summed E-state index contributed by atoms with van der Waals surface area (Å²) in [5.74, 6) is 0.0326. The third kappa shape index (κ3) is 4.82. The van der Waals surface area contributed by atoms with Crippen molar-refractivity contribution in [3.63, 3.8) is 0 Å². The van der Waals surface area contributed by atoms with E-state index in [1.807, 2.05) is 0 Å². The topological polar surface area (TPSA) is 65.5 Å². The van der Waals surface area contributed by atoms with Gasteiger partial charge in [0.25, 0.3) is 0 Å². The van der Waals surface area contributed by atoms with E-state index in [2.05, 4.69) is 10.3 Å². The van der Waals surface area contributed by atoms with Gasteiger partial charge in [-0.2, -0.15) is 13.2 Å². The number of hydrogen-bond donors (Lipinski definition) is 2. The first kappa shape index (κ1) is 17.5. The molecule has 2 atom stereocenters. The van der Waals surface area contributed by atoms with Gasteiger partial charge in [-0.15, -0.1) is 0 Å². The fourth-order valence-corrected chi connectivity index (χ4v) is 2.69. The summed E-state index contributed by atoms with van der Waals surface area (Å²) in [6.07, 6.45) is -0.318. The maximum atomic E-state index is 12.4. The zero-order valence-corrected chi connectivity index (χ0v) is 12.8. The van der Waals surface area contributed by atoms with E-state index in [9.17, 15) is 23.1 Å². The van der Waals surface area contributed by atoms with Gasteiger partial charge < -0.3 is 15.3 Å². The Morgan fingerprint density at radius 3 is 2.65 bits per heavy atom. The molecular formula is C15H20F3N3O2. The van der Waals surface area contributed by atoms with Crippen LogP contribution in [-0.2, 0) is 6.18 Å². The summed E-state index contributed by atoms with van der Waals surface area (Å²) in [5, 5.41) is 12.4. The molecule has 1 aliphatic rings. The number of rotatable bonds is 3. The molecule has 2 N–H and O–H groups in total. The van der Waals surface area contributed by atoms with Gasteiger partial charge in [-0.25, -0.2) is 9.78 Å². The van der Waals surface area contributed by atoms with Crippen LogP contribution in [0.1, 0.15) is 31.4 Å². The normalized spacial score (nSPS) is 21.8. The van der Waals surface area contributed by atoms with Crippen molar-refractivity contribution < 1.29 is 23.1 Å². The monoisotopic (exact) mass is 331 g/mol. The number of aliphatic hydroxyl groups is 1. The van der Waals surface area contributed by atoms with Crippen molar-refractivity contribution in [3.8, 4) is 0 Å². The second kappa shape index (κ2) is 7.16. The number of hydrogen-bond acceptors (Lipinski definition) is 3. The van der Waals surface area contributed by atoms with Crippen LogP contribution in [0, 0.1) is 5.92 Å². The highest BCUT2D eigenvalue weighted by Gasteiger charge is 2.32. The van der Waals surface area contributed by atoms with E-state index in [0.717, 1.165) is 44.0 Å². The molecule has 1 saturated carbocycles. The van der Waals surface area contributed by atoms with Gasteiger partial charge in [0.1, 0.15) is 5.69 Å². The smallest absolute Gasteiger partial charge is 0.393 e. The summed E-state index contributed by atoms with van der Waals surface area (Å²) in [7, 11) is 1.59. The van der Waals surface area contributed by atoms with Gasteiger partial charge in [0.05, 0.1) is 18.0 Å². The minimum atomic E-state index is -4.50. The molecule has 1 aromatic heterocycles. The van der Waals surface area contributed by atoms with Gasteiger partial charge in [0, 0.05) is 19.5 Å². The number of urea groups is 1. The first-order valence-electron chi connectivity index (χ1n) is 7.51. The number of carbonyl (C=O) groups excluding carboxylic acids is 1. The summed E-state index contributed by atoms with van der Waals surface area (Å²) >= 11 is 0. The molecule has 5 nitrogen and oxygen atoms in total. The van der Waals surface area contributed by atoms with Gasteiger partial charge in [-0.05, 0) is 25.0 Å². The molecule has 0 saturated heterocycles. The molecule has 0 aliphatic heterocycles. The molecule has 0 bridgehead atoms. The zero-order chi connectivity index (χ0) is 17.0. The summed E-state index contributed by atoms with van der Waals surface area (Å²) in [5.41, 5.74) is -0.812. The number of aromatic nitrogens is 1. The number of anilines is 1. The third-order valence-electron chi connectivity index (χ3n) is 4.03. The van der Waals surface area contributed by atoms with Crippen molar-refractivity contribution in [2.45, 2.75) is 38.0 Å². The number of nitrogens with one attached hydrogen (secondary N) is 1. The van der Waals surface area contributed by atoms with Crippen LogP contribution in [0.15, 0.2) is 18.3 Å². The Labute approximate surface area is 132 Å². The molecule has 1 aromatic rings. The predicted octanol–water partition coefficient (Wildman–Crippen LogP) is 3.12. The Morgan fingerprint density at radius 2 is 2.09 bits per heavy atom. The van der Waals surface area contributed by atoms with Crippen LogP contribution in [0.25, 0.3) is 0 Å². The van der Waals surface area contributed by atoms with E-state index < -0.39 is 24.0 Å². The number of halogens is 3. The molecule has 1 fully saturated rings. The van der Waals surface area contributed by atoms with Crippen molar-refractivity contribution in [1.29, 1.82) is 0 Å². The quantitative estimate of drug-likeness (QED) is 0.894. The lowest BCUT2D eigenvalue weighted by Crippen LogP contribution is -2.40. The SMILES string of the molecule is CN(CC1CCCCC1O)C(=O)Nc1ccc(C(F)(F)F)nc1. The molecule has 2 amide bonds. The summed E-state index contributed by atoms with van der Waals surface area (Å²) in [6, 6.07) is 1.54. The van der Waals surface area contributed by atoms with Gasteiger partial charge in [0.15, 0.2) is 0 Å². The molecule has 1 aliphatic carbocycles. The van der Waals surface area contributed by atoms with Crippen LogP contribution in [0.5, 0.6) is 0 Å². The molecule has 0 aromatic carbocycles. The molecule has 0 radical (unpaired) electrons. The van der Waals surface area contributed by atoms with E-state index in [-0.39, 0.29) is 11.6 Å². The molecule has 1 heterocycles. The molecular weight excluding hydrogens is 311 g/mol. The maximum Gasteiger partial charge on any atom is 0.433 e. The number of alkyl halides is 3. The van der Waals surface area contributed by atoms with Crippen LogP contribution in [0.4, 0.5) is 23.7 Å². The van der Waals surface area contributed by atoms with Crippen LogP contribution >= 0.6 is 0 Å². The van der Waals surface area contributed by atoms with E-state index in [0.29, 0.717) is 6.54 Å². The van der Waals surface area contributed by atoms with E-state index in [1.165, 1.54) is 4.90 Å². The second-order valence-electron chi connectivity index (χ2n) is 5.85. The number of nitrogens with zero attached hydrogens (tertiary/aromatic N) is 2. The average molecular weight is 331 g/mol. The minimum Gasteiger partial charge on any atom is -0.393 e. The Balaban J connectivity index is 1.90. The Kier molecular flexibility index (Phi) is 5.46. The highest BCUT2D eigenvalue weighted by Crippen LogP contribution is 2.28. The fraction of sp³-hybridized carbons (Fsp3) is 0.600. The van der Waals surface area contributed by atoms with Gasteiger partial charge >= 0.3 is 12.2 Å². The number of aliphatic hydroxyl groups excluding tert-OH is 1. The van der Waals surface area contributed by atoms with E-state index >= 15 is 0 Å². The number of carbonyl (C=O) groups is 1. The third-order valence-corrected chi connectivity index (χ3v) is 4.03. The van der Waals surface area contributed by atoms with Crippen LogP contribution in [0.3, 0.4) is 0 Å². The van der Waals surface area contributed by atoms with Crippen molar-refractivity contribution in [3.05, 3.63) is 24.0 Å². The standard InChI is InChI=1S/C15H20F3N3O2/c1-21(9-10-4-2-3-5-12(10)22)14(23)20-11-6-7-13(19-8-11)15(16,17)18/h6-8,10,12,22H,2-5,9H2,1H3,(H,20,23). The zero-order valence-electron chi connectivity index (χ0n) is 12.8. The van der Waals surface area contributed by atoms with Crippen molar-refractivity contribution in [1.82, 2.24) is 9.88 Å². The number of amides is 2. The van der Waals surface area contributed by atoms with E-state index in [4.69, 9.17) is 0 Å². The lowest BCUT2D eigenvalue weighted by molar-refractivity contribution is -0.141. The van der Waals surface area contributed by atoms with Gasteiger partial charge in [0.2, 0.25) is 0 Å². The van der Waals surface area contributed by atoms with Crippen LogP contribution in [0.2, 0.25) is 0 Å². The Bertz CT molecular complexity index is 534. The van der Waals surface area contributed by atoms with Crippen molar-refractivity contribution in [2.75, 3.05) is 18.9 Å². The summed E-state index contributed by atoms with van der Waals surface area (Å²) < 4.78 is 37.3. The molecule has 2 rings (SSSR count). The molecule has 2 unspecified atom stereocenters. The molecule has 0 spiro atoms. The predicted molar refractivity (Wildman–Crippen MR) is 78.9 cm³/mol. The lowest BCUT2D eigenvalue weighted by atomic mass is 9.86. The molecule has 8 heteroatoms. The molecule has 128 valence electrons. The fourth-order valence-electron chi connectivity index (χ4n) is 2.69. The average Bonchev–Trinajstić information content (AvgIpc) is 2.49. The van der Waals surface area contributed by atoms with Crippen LogP contribution < -0.4 is 5.32 Å². The first-order chi connectivity index (χ1) is 10.8. The first-order valence-corrected chi connectivity index (χ1v) is 7.51. The minimum absolute atomic E-state index is 0.0326. The summed E-state index contributed by atoms with van der Waals surface area (Å²) in [6.45, 7) is 0.404. The maximum absolute atomic E-state index is 12.4. The highest BCUT2D eigenvalue weighted by molar-refractivity contribution is 5.88. The van der Waals surface area contributed by atoms with Crippen molar-refractivity contribution >= 4 is 11.7 Å². The number of pyridine rings is 1. The largest absolute Gasteiger partial charge is 0.433 e. The molecule has 23 heavy (non-hydrogen) atoms. The Morgan fingerprint density at radius 1 is 1.39 bits per heavy atom. The van der Waals surface area contributed by atoms with Crippen molar-refractivity contribution in [2.24, 2.45) is 5.92 Å². The highest BCUT2D eigenvalue weighted by atomic mass is 19.4. The van der Waals surface area contributed by atoms with Crippen LogP contribution in [-0.4, -0.2) is 40.7 Å². The van der Waals surface area contributed by atoms with E-state index in [1.54, 1.807) is 7.05 Å².